The molecule has 13 nitrogen and oxygen atoms in total. The van der Waals surface area contributed by atoms with E-state index < -0.39 is 12.1 Å². The monoisotopic (exact) mass is 1120 g/mol. The van der Waals surface area contributed by atoms with Crippen molar-refractivity contribution in [3.8, 4) is 0 Å². The van der Waals surface area contributed by atoms with Crippen LogP contribution >= 0.6 is 11.8 Å². The topological polar surface area (TPSA) is 171 Å². The largest absolute Gasteiger partial charge is 0.462 e. The van der Waals surface area contributed by atoms with Crippen molar-refractivity contribution in [1.29, 1.82) is 0 Å². The highest BCUT2D eigenvalue weighted by Crippen LogP contribution is 2.18. The number of nitrogens with zero attached hydrogens (tertiary/aromatic N) is 3. The van der Waals surface area contributed by atoms with E-state index in [9.17, 15) is 24.0 Å². The van der Waals surface area contributed by atoms with Crippen molar-refractivity contribution in [2.24, 2.45) is 0 Å². The van der Waals surface area contributed by atoms with E-state index in [0.717, 1.165) is 77.0 Å². The number of ether oxygens (including phenoxy) is 2. The molecule has 14 heteroatoms. The van der Waals surface area contributed by atoms with E-state index in [1.54, 1.807) is 11.7 Å². The standard InChI is InChI=1S/C64H120N6O7S/c1-5-8-11-14-17-20-23-26-29-32-35-38-42-48-61(72)67-59(64(75)66-52-57-53-70(69-68-57)51-46-41-43-47-60(71)65-4)56-78-55-58(77-63(74)50-45-40-37-34-31-28-25-22-19-16-13-10-7-3)54-76-62(73)49-44-39-36-33-30-27-24-21-18-15-12-9-6-2/h53,58-59H,5-52,54-56H2,1-4H3,(H,65,71)(H,66,75)(H,67,72)/t58-,59-/m0/s1. The molecule has 0 spiro atoms. The number of hydrogen-bond donors (Lipinski definition) is 3. The highest BCUT2D eigenvalue weighted by molar-refractivity contribution is 7.99. The molecule has 0 unspecified atom stereocenters. The number of unbranched alkanes of at least 4 members (excludes halogenated alkanes) is 38. The molecule has 78 heavy (non-hydrogen) atoms. The molecule has 1 aromatic rings. The van der Waals surface area contributed by atoms with E-state index in [0.29, 0.717) is 43.7 Å². The zero-order valence-corrected chi connectivity index (χ0v) is 51.7. The van der Waals surface area contributed by atoms with Gasteiger partial charge in [-0.3, -0.25) is 28.7 Å². The van der Waals surface area contributed by atoms with Crippen LogP contribution in [0.2, 0.25) is 0 Å². The average molecular weight is 1120 g/mol. The van der Waals surface area contributed by atoms with Crippen molar-refractivity contribution >= 4 is 41.4 Å². The van der Waals surface area contributed by atoms with Gasteiger partial charge >= 0.3 is 11.9 Å². The highest BCUT2D eigenvalue weighted by atomic mass is 32.2. The van der Waals surface area contributed by atoms with Crippen LogP contribution in [0.25, 0.3) is 0 Å². The summed E-state index contributed by atoms with van der Waals surface area (Å²) in [5, 5.41) is 17.1. The Morgan fingerprint density at radius 3 is 1.31 bits per heavy atom. The summed E-state index contributed by atoms with van der Waals surface area (Å²) in [4.78, 5) is 65.0. The number of aromatic nitrogens is 3. The van der Waals surface area contributed by atoms with Crippen LogP contribution in [-0.4, -0.2) is 82.0 Å². The first-order valence-corrected chi connectivity index (χ1v) is 34.0. The Morgan fingerprint density at radius 2 is 0.872 bits per heavy atom. The summed E-state index contributed by atoms with van der Waals surface area (Å²) in [5.41, 5.74) is 0.606. The minimum Gasteiger partial charge on any atom is -0.462 e. The molecule has 0 saturated carbocycles. The van der Waals surface area contributed by atoms with Crippen LogP contribution in [0, 0.1) is 0 Å². The Labute approximate surface area is 482 Å². The Hall–Kier alpha value is -3.16. The van der Waals surface area contributed by atoms with Gasteiger partial charge in [0.05, 0.1) is 12.7 Å². The lowest BCUT2D eigenvalue weighted by molar-refractivity contribution is -0.157. The summed E-state index contributed by atoms with van der Waals surface area (Å²) in [6.07, 6.45) is 53.0. The van der Waals surface area contributed by atoms with Gasteiger partial charge in [-0.05, 0) is 32.1 Å². The Bertz CT molecular complexity index is 1560. The van der Waals surface area contributed by atoms with Gasteiger partial charge in [-0.2, -0.15) is 11.8 Å². The van der Waals surface area contributed by atoms with E-state index in [1.807, 2.05) is 6.20 Å². The number of rotatable bonds is 59. The molecule has 0 aliphatic carbocycles. The van der Waals surface area contributed by atoms with Crippen LogP contribution in [0.1, 0.15) is 322 Å². The van der Waals surface area contributed by atoms with E-state index in [-0.39, 0.29) is 48.6 Å². The second-order valence-corrected chi connectivity index (χ2v) is 23.7. The molecular weight excluding hydrogens is 997 g/mol. The molecule has 454 valence electrons. The fourth-order valence-electron chi connectivity index (χ4n) is 9.95. The van der Waals surface area contributed by atoms with Crippen molar-refractivity contribution < 1.29 is 33.4 Å². The molecule has 1 aromatic heterocycles. The minimum absolute atomic E-state index is 0.0380. The molecule has 0 fully saturated rings. The molecular formula is C64H120N6O7S. The van der Waals surface area contributed by atoms with Gasteiger partial charge in [0.2, 0.25) is 17.7 Å². The van der Waals surface area contributed by atoms with Crippen LogP contribution in [0.15, 0.2) is 6.20 Å². The van der Waals surface area contributed by atoms with Crippen molar-refractivity contribution in [2.75, 3.05) is 25.2 Å². The first-order valence-electron chi connectivity index (χ1n) is 32.8. The Morgan fingerprint density at radius 1 is 0.487 bits per heavy atom. The third-order valence-corrected chi connectivity index (χ3v) is 16.2. The van der Waals surface area contributed by atoms with E-state index >= 15 is 0 Å². The summed E-state index contributed by atoms with van der Waals surface area (Å²) in [6, 6.07) is -0.833. The molecule has 0 radical (unpaired) electrons. The maximum atomic E-state index is 13.8. The second-order valence-electron chi connectivity index (χ2n) is 22.6. The number of thioether (sulfide) groups is 1. The van der Waals surface area contributed by atoms with Gasteiger partial charge in [-0.1, -0.05) is 264 Å². The van der Waals surface area contributed by atoms with Crippen molar-refractivity contribution in [3.63, 3.8) is 0 Å². The lowest BCUT2D eigenvalue weighted by Crippen LogP contribution is -2.48. The average Bonchev–Trinajstić information content (AvgIpc) is 3.90. The van der Waals surface area contributed by atoms with Crippen LogP contribution in [0.5, 0.6) is 0 Å². The first kappa shape index (κ1) is 72.9. The van der Waals surface area contributed by atoms with Crippen LogP contribution in [-0.2, 0) is 46.5 Å². The molecule has 0 aromatic carbocycles. The fourth-order valence-corrected chi connectivity index (χ4v) is 11.0. The van der Waals surface area contributed by atoms with Gasteiger partial charge in [0.15, 0.2) is 0 Å². The molecule has 3 amide bonds. The summed E-state index contributed by atoms with van der Waals surface area (Å²) in [5.74, 6) is -0.472. The minimum atomic E-state index is -0.833. The van der Waals surface area contributed by atoms with Crippen molar-refractivity contribution in [3.05, 3.63) is 11.9 Å². The Balaban J connectivity index is 2.80. The quantitative estimate of drug-likeness (QED) is 0.0421. The van der Waals surface area contributed by atoms with Gasteiger partial charge in [0.1, 0.15) is 24.4 Å². The maximum Gasteiger partial charge on any atom is 0.306 e. The molecule has 3 N–H and O–H groups in total. The second kappa shape index (κ2) is 55.7. The van der Waals surface area contributed by atoms with Gasteiger partial charge in [-0.15, -0.1) is 5.10 Å². The normalized spacial score (nSPS) is 12.1. The highest BCUT2D eigenvalue weighted by Gasteiger charge is 2.24. The third-order valence-electron chi connectivity index (χ3n) is 15.0. The van der Waals surface area contributed by atoms with Crippen LogP contribution in [0.4, 0.5) is 0 Å². The predicted octanol–water partition coefficient (Wildman–Crippen LogP) is 16.3. The van der Waals surface area contributed by atoms with Crippen LogP contribution in [0.3, 0.4) is 0 Å². The molecule has 2 atom stereocenters. The van der Waals surface area contributed by atoms with Crippen molar-refractivity contribution in [2.45, 2.75) is 341 Å². The number of aryl methyl sites for hydroxylation is 1. The van der Waals surface area contributed by atoms with Gasteiger partial charge in [0.25, 0.3) is 0 Å². The molecule has 0 aliphatic heterocycles. The maximum absolute atomic E-state index is 13.8. The smallest absolute Gasteiger partial charge is 0.306 e. The van der Waals surface area contributed by atoms with Gasteiger partial charge < -0.3 is 25.4 Å². The lowest BCUT2D eigenvalue weighted by Gasteiger charge is -2.21. The number of hydrogen-bond acceptors (Lipinski definition) is 10. The third kappa shape index (κ3) is 47.6. The first-order chi connectivity index (χ1) is 38.2. The number of amides is 3. The summed E-state index contributed by atoms with van der Waals surface area (Å²) < 4.78 is 13.5. The van der Waals surface area contributed by atoms with E-state index in [2.05, 4.69) is 47.0 Å². The molecule has 0 bridgehead atoms. The lowest BCUT2D eigenvalue weighted by atomic mass is 10.0. The molecule has 1 heterocycles. The fraction of sp³-hybridized carbons (Fsp3) is 0.891. The number of carbonyl (C=O) groups is 5. The van der Waals surface area contributed by atoms with Gasteiger partial charge in [-0.25, -0.2) is 0 Å². The zero-order valence-electron chi connectivity index (χ0n) is 50.9. The number of nitrogens with one attached hydrogen (secondary N) is 3. The summed E-state index contributed by atoms with van der Waals surface area (Å²) >= 11 is 1.41. The molecule has 0 aliphatic rings. The van der Waals surface area contributed by atoms with Gasteiger partial charge in [0, 0.05) is 50.8 Å². The van der Waals surface area contributed by atoms with Crippen LogP contribution < -0.4 is 16.0 Å². The number of esters is 2. The van der Waals surface area contributed by atoms with E-state index in [4.69, 9.17) is 9.47 Å². The molecule has 1 rings (SSSR count). The Kier molecular flexibility index (Phi) is 52.1. The predicted molar refractivity (Wildman–Crippen MR) is 325 cm³/mol. The molecule has 0 saturated heterocycles. The van der Waals surface area contributed by atoms with E-state index in [1.165, 1.54) is 204 Å². The SMILES string of the molecule is CCCCCCCCCCCCCCCC(=O)N[C@@H](CSC[C@H](COC(=O)CCCCCCCCCCCCCCC)OC(=O)CCCCCCCCCCCCCCC)C(=O)NCc1cn(CCCCCC(=O)NC)nn1. The number of carbonyl (C=O) groups excluding carboxylic acids is 5. The van der Waals surface area contributed by atoms with Crippen molar-refractivity contribution in [1.82, 2.24) is 30.9 Å². The summed E-state index contributed by atoms with van der Waals surface area (Å²) in [6.45, 7) is 7.55. The summed E-state index contributed by atoms with van der Waals surface area (Å²) in [7, 11) is 1.65. The zero-order chi connectivity index (χ0) is 56.6.